The van der Waals surface area contributed by atoms with E-state index in [0.717, 1.165) is 0 Å². The van der Waals surface area contributed by atoms with E-state index in [4.69, 9.17) is 10.5 Å². The van der Waals surface area contributed by atoms with E-state index in [1.54, 1.807) is 14.1 Å². The van der Waals surface area contributed by atoms with Gasteiger partial charge in [0.1, 0.15) is 11.9 Å². The summed E-state index contributed by atoms with van der Waals surface area (Å²) in [7, 11) is 3.34. The van der Waals surface area contributed by atoms with Crippen molar-refractivity contribution in [2.24, 2.45) is 10.7 Å². The Bertz CT molecular complexity index is 653. The Labute approximate surface area is 172 Å². The number of halogens is 4. The quantitative estimate of drug-likeness (QED) is 0.367. The predicted molar refractivity (Wildman–Crippen MR) is 105 cm³/mol. The van der Waals surface area contributed by atoms with Gasteiger partial charge in [-0.2, -0.15) is 0 Å². The number of amides is 1. The molecule has 0 aliphatic carbocycles. The molecule has 7 nitrogen and oxygen atoms in total. The topological polar surface area (TPSA) is 89.2 Å². The van der Waals surface area contributed by atoms with E-state index in [1.165, 1.54) is 29.2 Å². The van der Waals surface area contributed by atoms with E-state index in [-0.39, 0.29) is 54.2 Å². The molecule has 1 aromatic carbocycles. The summed E-state index contributed by atoms with van der Waals surface area (Å²) >= 11 is 0. The van der Waals surface area contributed by atoms with Crippen LogP contribution in [0.4, 0.5) is 18.9 Å². The maximum atomic E-state index is 12.1. The number of nitrogens with zero attached hydrogens (tertiary/aromatic N) is 2. The number of aliphatic imine (C=N–C) groups is 1. The van der Waals surface area contributed by atoms with Gasteiger partial charge >= 0.3 is 6.36 Å². The molecule has 27 heavy (non-hydrogen) atoms. The van der Waals surface area contributed by atoms with Gasteiger partial charge in [-0.3, -0.25) is 9.79 Å². The summed E-state index contributed by atoms with van der Waals surface area (Å²) in [6.07, 6.45) is -4.06. The van der Waals surface area contributed by atoms with Gasteiger partial charge < -0.3 is 25.4 Å². The molecular weight excluding hydrogens is 480 g/mol. The zero-order chi connectivity index (χ0) is 19.3. The molecule has 1 aliphatic heterocycles. The normalized spacial score (nSPS) is 20.0. The number of guanidine groups is 1. The molecule has 0 bridgehead atoms. The van der Waals surface area contributed by atoms with Crippen LogP contribution in [0.5, 0.6) is 5.75 Å². The van der Waals surface area contributed by atoms with E-state index in [9.17, 15) is 18.0 Å². The molecule has 2 atom stereocenters. The van der Waals surface area contributed by atoms with Crippen molar-refractivity contribution >= 4 is 41.5 Å². The monoisotopic (exact) mass is 502 g/mol. The summed E-state index contributed by atoms with van der Waals surface area (Å²) in [5.41, 5.74) is 6.23. The van der Waals surface area contributed by atoms with Gasteiger partial charge in [-0.1, -0.05) is 0 Å². The lowest BCUT2D eigenvalue weighted by Gasteiger charge is -2.16. The van der Waals surface area contributed by atoms with Gasteiger partial charge in [0.15, 0.2) is 5.96 Å². The van der Waals surface area contributed by atoms with Crippen LogP contribution in [-0.2, 0) is 9.53 Å². The minimum Gasteiger partial charge on any atom is -0.406 e. The fraction of sp³-hybridized carbons (Fsp3) is 0.500. The van der Waals surface area contributed by atoms with Gasteiger partial charge in [-0.25, -0.2) is 0 Å². The Morgan fingerprint density at radius 1 is 1.33 bits per heavy atom. The van der Waals surface area contributed by atoms with Crippen LogP contribution in [-0.4, -0.2) is 56.0 Å². The molecule has 152 valence electrons. The zero-order valence-electron chi connectivity index (χ0n) is 14.8. The third-order valence-electron chi connectivity index (χ3n) is 3.65. The average Bonchev–Trinajstić information content (AvgIpc) is 3.01. The first-order valence-corrected chi connectivity index (χ1v) is 7.93. The van der Waals surface area contributed by atoms with E-state index < -0.39 is 12.5 Å². The van der Waals surface area contributed by atoms with Gasteiger partial charge in [-0.05, 0) is 37.1 Å². The van der Waals surface area contributed by atoms with Gasteiger partial charge in [0.25, 0.3) is 5.91 Å². The number of hydrogen-bond acceptors (Lipinski definition) is 4. The molecule has 1 fully saturated rings. The van der Waals surface area contributed by atoms with Crippen LogP contribution in [0.15, 0.2) is 29.3 Å². The summed E-state index contributed by atoms with van der Waals surface area (Å²) in [6, 6.07) is 5.11. The summed E-state index contributed by atoms with van der Waals surface area (Å²) in [5.74, 6) is -0.307. The van der Waals surface area contributed by atoms with Crippen molar-refractivity contribution in [1.29, 1.82) is 0 Å². The van der Waals surface area contributed by atoms with Crippen LogP contribution in [0, 0.1) is 0 Å². The molecule has 3 N–H and O–H groups in total. The number of likely N-dealkylation sites (N-methyl/N-ethyl adjacent to an activating group) is 1. The van der Waals surface area contributed by atoms with Crippen molar-refractivity contribution in [3.05, 3.63) is 24.3 Å². The summed E-state index contributed by atoms with van der Waals surface area (Å²) in [4.78, 5) is 17.5. The largest absolute Gasteiger partial charge is 0.573 e. The second-order valence-corrected chi connectivity index (χ2v) is 5.98. The Kier molecular flexibility index (Phi) is 8.59. The van der Waals surface area contributed by atoms with E-state index >= 15 is 0 Å². The first-order chi connectivity index (χ1) is 12.1. The fourth-order valence-corrected chi connectivity index (χ4v) is 2.44. The molecule has 0 saturated carbocycles. The standard InChI is InChI=1S/C16H21F3N4O3.HI/c1-23(2)14(24)13-8-7-12(25-13)9-21-15(20)22-10-3-5-11(6-4-10)26-16(17,18)19;/h3-6,12-13H,7-9H2,1-2H3,(H3,20,21,22);1H. The first kappa shape index (κ1) is 23.3. The maximum Gasteiger partial charge on any atom is 0.573 e. The number of hydrogen-bond donors (Lipinski definition) is 2. The second-order valence-electron chi connectivity index (χ2n) is 5.98. The molecule has 0 radical (unpaired) electrons. The minimum atomic E-state index is -4.73. The van der Waals surface area contributed by atoms with E-state index in [0.29, 0.717) is 18.5 Å². The molecule has 0 spiro atoms. The average molecular weight is 502 g/mol. The molecule has 1 amide bonds. The third kappa shape index (κ3) is 7.79. The highest BCUT2D eigenvalue weighted by atomic mass is 127. The molecule has 2 rings (SSSR count). The molecule has 1 aliphatic rings. The molecule has 1 saturated heterocycles. The number of nitrogens with one attached hydrogen (secondary N) is 1. The van der Waals surface area contributed by atoms with Crippen molar-refractivity contribution in [1.82, 2.24) is 4.90 Å². The molecule has 1 aromatic rings. The lowest BCUT2D eigenvalue weighted by molar-refractivity contribution is -0.274. The van der Waals surface area contributed by atoms with Crippen molar-refractivity contribution in [2.45, 2.75) is 31.4 Å². The van der Waals surface area contributed by atoms with Crippen molar-refractivity contribution in [3.63, 3.8) is 0 Å². The maximum absolute atomic E-state index is 12.1. The lowest BCUT2D eigenvalue weighted by atomic mass is 10.2. The fourth-order valence-electron chi connectivity index (χ4n) is 2.44. The van der Waals surface area contributed by atoms with E-state index in [1.807, 2.05) is 0 Å². The molecule has 11 heteroatoms. The molecule has 1 heterocycles. The number of nitrogens with two attached hydrogens (primary N) is 1. The predicted octanol–water partition coefficient (Wildman–Crippen LogP) is 2.57. The molecule has 0 aromatic heterocycles. The van der Waals surface area contributed by atoms with Gasteiger partial charge in [0.05, 0.1) is 12.6 Å². The summed E-state index contributed by atoms with van der Waals surface area (Å²) < 4.78 is 45.8. The van der Waals surface area contributed by atoms with Crippen LogP contribution in [0.1, 0.15) is 12.8 Å². The highest BCUT2D eigenvalue weighted by molar-refractivity contribution is 14.0. The summed E-state index contributed by atoms with van der Waals surface area (Å²) in [5, 5.41) is 2.77. The SMILES string of the molecule is CN(C)C(=O)C1CCC(CN=C(N)Nc2ccc(OC(F)(F)F)cc2)O1.I. The number of alkyl halides is 3. The Hall–Kier alpha value is -1.76. The number of ether oxygens (including phenoxy) is 2. The Morgan fingerprint density at radius 3 is 2.52 bits per heavy atom. The zero-order valence-corrected chi connectivity index (χ0v) is 17.2. The molecule has 2 unspecified atom stereocenters. The first-order valence-electron chi connectivity index (χ1n) is 7.93. The number of carbonyl (C=O) groups is 1. The second kappa shape index (κ2) is 9.97. The number of benzene rings is 1. The van der Waals surface area contributed by atoms with Crippen LogP contribution in [0.25, 0.3) is 0 Å². The van der Waals surface area contributed by atoms with Gasteiger partial charge in [-0.15, -0.1) is 37.1 Å². The van der Waals surface area contributed by atoms with E-state index in [2.05, 4.69) is 15.0 Å². The number of rotatable bonds is 5. The summed E-state index contributed by atoms with van der Waals surface area (Å²) in [6.45, 7) is 0.283. The highest BCUT2D eigenvalue weighted by Gasteiger charge is 2.32. The van der Waals surface area contributed by atoms with Crippen LogP contribution in [0.2, 0.25) is 0 Å². The van der Waals surface area contributed by atoms with Crippen LogP contribution < -0.4 is 15.8 Å². The Morgan fingerprint density at radius 2 is 1.96 bits per heavy atom. The van der Waals surface area contributed by atoms with Crippen molar-refractivity contribution in [3.8, 4) is 5.75 Å². The van der Waals surface area contributed by atoms with Gasteiger partial charge in [0, 0.05) is 19.8 Å². The van der Waals surface area contributed by atoms with Gasteiger partial charge in [0.2, 0.25) is 0 Å². The highest BCUT2D eigenvalue weighted by Crippen LogP contribution is 2.24. The number of anilines is 1. The molecular formula is C16H22F3IN4O3. The van der Waals surface area contributed by atoms with Crippen molar-refractivity contribution in [2.75, 3.05) is 26.0 Å². The van der Waals surface area contributed by atoms with Crippen LogP contribution in [0.3, 0.4) is 0 Å². The third-order valence-corrected chi connectivity index (χ3v) is 3.65. The Balaban J connectivity index is 0.00000364. The number of carbonyl (C=O) groups excluding carboxylic acids is 1. The minimum absolute atomic E-state index is 0. The van der Waals surface area contributed by atoms with Crippen LogP contribution >= 0.6 is 24.0 Å². The smallest absolute Gasteiger partial charge is 0.406 e. The van der Waals surface area contributed by atoms with Crippen molar-refractivity contribution < 1.29 is 27.4 Å². The lowest BCUT2D eigenvalue weighted by Crippen LogP contribution is -2.34.